The smallest absolute Gasteiger partial charge is 0.166 e. The molecule has 0 amide bonds. The van der Waals surface area contributed by atoms with E-state index in [-0.39, 0.29) is 5.54 Å². The van der Waals surface area contributed by atoms with Gasteiger partial charge in [0.05, 0.1) is 5.54 Å². The summed E-state index contributed by atoms with van der Waals surface area (Å²) >= 11 is 6.11. The van der Waals surface area contributed by atoms with Crippen molar-refractivity contribution < 1.29 is 0 Å². The molecule has 5 rings (SSSR count). The number of nitrogens with two attached hydrogens (primary N) is 2. The molecule has 0 saturated heterocycles. The van der Waals surface area contributed by atoms with Crippen molar-refractivity contribution in [2.45, 2.75) is 44.1 Å². The largest absolute Gasteiger partial charge is 0.383 e. The molecule has 0 aliphatic heterocycles. The summed E-state index contributed by atoms with van der Waals surface area (Å²) < 4.78 is 1.97. The molecule has 5 heteroatoms. The molecule has 1 heterocycles. The SMILES string of the molecule is Nc1nn(C23CC4CC(CC(C4)C2)C3)c(N)c1Cl. The molecule has 98 valence electrons. The van der Waals surface area contributed by atoms with Crippen LogP contribution in [0.2, 0.25) is 5.02 Å². The first kappa shape index (κ1) is 11.0. The maximum Gasteiger partial charge on any atom is 0.166 e. The van der Waals surface area contributed by atoms with Crippen LogP contribution in [0.5, 0.6) is 0 Å². The first-order valence-corrected chi connectivity index (χ1v) is 7.25. The average Bonchev–Trinajstić information content (AvgIpc) is 2.56. The van der Waals surface area contributed by atoms with Crippen molar-refractivity contribution in [3.63, 3.8) is 0 Å². The lowest BCUT2D eigenvalue weighted by molar-refractivity contribution is -0.0480. The molecule has 4 nitrogen and oxygen atoms in total. The van der Waals surface area contributed by atoms with Crippen molar-refractivity contribution in [3.05, 3.63) is 5.02 Å². The maximum absolute atomic E-state index is 6.11. The Morgan fingerprint density at radius 3 is 1.94 bits per heavy atom. The number of hydrogen-bond acceptors (Lipinski definition) is 3. The van der Waals surface area contributed by atoms with Crippen LogP contribution in [0.15, 0.2) is 0 Å². The van der Waals surface area contributed by atoms with Gasteiger partial charge in [0, 0.05) is 0 Å². The molecule has 4 bridgehead atoms. The first-order valence-electron chi connectivity index (χ1n) is 6.87. The number of rotatable bonds is 1. The highest BCUT2D eigenvalue weighted by Gasteiger charge is 2.53. The third-order valence-electron chi connectivity index (χ3n) is 5.34. The fraction of sp³-hybridized carbons (Fsp3) is 0.769. The second kappa shape index (κ2) is 3.35. The molecule has 4 aliphatic carbocycles. The van der Waals surface area contributed by atoms with Crippen LogP contribution in [-0.4, -0.2) is 9.78 Å². The molecule has 4 fully saturated rings. The molecule has 0 radical (unpaired) electrons. The summed E-state index contributed by atoms with van der Waals surface area (Å²) in [5.74, 6) is 3.53. The van der Waals surface area contributed by atoms with Gasteiger partial charge in [-0.15, -0.1) is 0 Å². The lowest BCUT2D eigenvalue weighted by Crippen LogP contribution is -2.52. The zero-order valence-electron chi connectivity index (χ0n) is 10.4. The Morgan fingerprint density at radius 1 is 1.06 bits per heavy atom. The minimum absolute atomic E-state index is 0.111. The van der Waals surface area contributed by atoms with E-state index in [1.807, 2.05) is 4.68 Å². The summed E-state index contributed by atoms with van der Waals surface area (Å²) in [6, 6.07) is 0. The van der Waals surface area contributed by atoms with Crippen LogP contribution in [0.1, 0.15) is 38.5 Å². The zero-order valence-corrected chi connectivity index (χ0v) is 11.2. The van der Waals surface area contributed by atoms with Gasteiger partial charge in [-0.25, -0.2) is 4.68 Å². The fourth-order valence-corrected chi connectivity index (χ4v) is 5.23. The van der Waals surface area contributed by atoms with Gasteiger partial charge in [0.25, 0.3) is 0 Å². The van der Waals surface area contributed by atoms with Gasteiger partial charge in [0.2, 0.25) is 0 Å². The topological polar surface area (TPSA) is 69.9 Å². The van der Waals surface area contributed by atoms with E-state index < -0.39 is 0 Å². The monoisotopic (exact) mass is 266 g/mol. The van der Waals surface area contributed by atoms with Crippen molar-refractivity contribution in [2.75, 3.05) is 11.5 Å². The van der Waals surface area contributed by atoms with E-state index in [0.29, 0.717) is 16.7 Å². The number of halogens is 1. The summed E-state index contributed by atoms with van der Waals surface area (Å²) in [5, 5.41) is 4.87. The van der Waals surface area contributed by atoms with Gasteiger partial charge in [0.1, 0.15) is 10.8 Å². The van der Waals surface area contributed by atoms with E-state index in [1.165, 1.54) is 38.5 Å². The molecular weight excluding hydrogens is 248 g/mol. The molecule has 1 aromatic heterocycles. The number of nitrogens with zero attached hydrogens (tertiary/aromatic N) is 2. The number of hydrogen-bond donors (Lipinski definition) is 2. The zero-order chi connectivity index (χ0) is 12.5. The van der Waals surface area contributed by atoms with E-state index in [4.69, 9.17) is 23.1 Å². The normalized spacial score (nSPS) is 41.5. The highest BCUT2D eigenvalue weighted by molar-refractivity contribution is 6.35. The molecular formula is C13H19ClN4. The highest BCUT2D eigenvalue weighted by Crippen LogP contribution is 2.59. The van der Waals surface area contributed by atoms with Crippen LogP contribution in [-0.2, 0) is 5.54 Å². The quantitative estimate of drug-likeness (QED) is 0.821. The summed E-state index contributed by atoms with van der Waals surface area (Å²) in [6.45, 7) is 0. The third kappa shape index (κ3) is 1.30. The van der Waals surface area contributed by atoms with Crippen LogP contribution >= 0.6 is 11.6 Å². The van der Waals surface area contributed by atoms with Crippen LogP contribution in [0, 0.1) is 17.8 Å². The van der Waals surface area contributed by atoms with E-state index in [1.54, 1.807) is 0 Å². The minimum Gasteiger partial charge on any atom is -0.383 e. The van der Waals surface area contributed by atoms with Gasteiger partial charge in [-0.1, -0.05) is 11.6 Å². The Kier molecular flexibility index (Phi) is 2.04. The molecule has 4 saturated carbocycles. The van der Waals surface area contributed by atoms with Crippen molar-refractivity contribution in [2.24, 2.45) is 17.8 Å². The summed E-state index contributed by atoms with van der Waals surface area (Å²) in [5.41, 5.74) is 12.0. The maximum atomic E-state index is 6.11. The van der Waals surface area contributed by atoms with Crippen LogP contribution < -0.4 is 11.5 Å². The third-order valence-corrected chi connectivity index (χ3v) is 5.73. The minimum atomic E-state index is 0.111. The Labute approximate surface area is 112 Å². The van der Waals surface area contributed by atoms with Crippen molar-refractivity contribution in [1.82, 2.24) is 9.78 Å². The lowest BCUT2D eigenvalue weighted by Gasteiger charge is -2.56. The molecule has 4 aliphatic rings. The second-order valence-electron chi connectivity index (χ2n) is 6.64. The fourth-order valence-electron chi connectivity index (χ4n) is 5.12. The van der Waals surface area contributed by atoms with Crippen molar-refractivity contribution in [3.8, 4) is 0 Å². The Hall–Kier alpha value is -0.900. The molecule has 18 heavy (non-hydrogen) atoms. The van der Waals surface area contributed by atoms with E-state index >= 15 is 0 Å². The highest BCUT2D eigenvalue weighted by atomic mass is 35.5. The van der Waals surface area contributed by atoms with Gasteiger partial charge in [-0.3, -0.25) is 0 Å². The van der Waals surface area contributed by atoms with Crippen LogP contribution in [0.4, 0.5) is 11.6 Å². The molecule has 4 N–H and O–H groups in total. The van der Waals surface area contributed by atoms with Crippen LogP contribution in [0.3, 0.4) is 0 Å². The van der Waals surface area contributed by atoms with Gasteiger partial charge >= 0.3 is 0 Å². The molecule has 1 aromatic rings. The van der Waals surface area contributed by atoms with Crippen LogP contribution in [0.25, 0.3) is 0 Å². The Balaban J connectivity index is 1.81. The van der Waals surface area contributed by atoms with Gasteiger partial charge < -0.3 is 11.5 Å². The van der Waals surface area contributed by atoms with E-state index in [0.717, 1.165) is 17.8 Å². The number of nitrogen functional groups attached to an aromatic ring is 2. The predicted octanol–water partition coefficient (Wildman–Crippen LogP) is 2.63. The summed E-state index contributed by atoms with van der Waals surface area (Å²) in [6.07, 6.45) is 7.85. The molecule has 0 unspecified atom stereocenters. The van der Waals surface area contributed by atoms with E-state index in [9.17, 15) is 0 Å². The molecule has 0 atom stereocenters. The molecule has 0 aromatic carbocycles. The summed E-state index contributed by atoms with van der Waals surface area (Å²) in [4.78, 5) is 0. The number of anilines is 2. The predicted molar refractivity (Wildman–Crippen MR) is 72.2 cm³/mol. The Bertz CT molecular complexity index is 472. The Morgan fingerprint density at radius 2 is 1.56 bits per heavy atom. The summed E-state index contributed by atoms with van der Waals surface area (Å²) in [7, 11) is 0. The second-order valence-corrected chi connectivity index (χ2v) is 7.02. The van der Waals surface area contributed by atoms with E-state index in [2.05, 4.69) is 5.10 Å². The standard InChI is InChI=1S/C13H19ClN4/c14-10-11(15)17-18(12(10)16)13-4-7-1-8(5-13)3-9(2-7)6-13/h7-9H,1-6,16H2,(H2,15,17). The van der Waals surface area contributed by atoms with Gasteiger partial charge in [-0.2, -0.15) is 5.10 Å². The van der Waals surface area contributed by atoms with Crippen molar-refractivity contribution in [1.29, 1.82) is 0 Å². The lowest BCUT2D eigenvalue weighted by atomic mass is 9.53. The molecule has 0 spiro atoms. The average molecular weight is 267 g/mol. The first-order chi connectivity index (χ1) is 8.57. The van der Waals surface area contributed by atoms with Gasteiger partial charge in [0.15, 0.2) is 5.82 Å². The van der Waals surface area contributed by atoms with Gasteiger partial charge in [-0.05, 0) is 56.3 Å². The number of aromatic nitrogens is 2. The van der Waals surface area contributed by atoms with Crippen molar-refractivity contribution >= 4 is 23.2 Å².